The molecule has 1 N–H and O–H groups in total. The van der Waals surface area contributed by atoms with Gasteiger partial charge in [-0.3, -0.25) is 0 Å². The van der Waals surface area contributed by atoms with Crippen molar-refractivity contribution in [3.05, 3.63) is 51.5 Å². The van der Waals surface area contributed by atoms with E-state index in [2.05, 4.69) is 65.6 Å². The number of hydrogen-bond acceptors (Lipinski definition) is 4. The number of aryl methyl sites for hydroxylation is 6. The molecule has 176 valence electrons. The third kappa shape index (κ3) is 4.30. The van der Waals surface area contributed by atoms with Crippen molar-refractivity contribution in [1.82, 2.24) is 19.6 Å². The predicted molar refractivity (Wildman–Crippen MR) is 134 cm³/mol. The van der Waals surface area contributed by atoms with Gasteiger partial charge in [-0.05, 0) is 83.6 Å². The van der Waals surface area contributed by atoms with E-state index >= 15 is 0 Å². The van der Waals surface area contributed by atoms with Gasteiger partial charge in [0.1, 0.15) is 5.65 Å². The van der Waals surface area contributed by atoms with Crippen molar-refractivity contribution < 1.29 is 9.47 Å². The van der Waals surface area contributed by atoms with E-state index in [1.165, 1.54) is 27.8 Å². The number of rotatable bonds is 8. The third-order valence-corrected chi connectivity index (χ3v) is 6.29. The summed E-state index contributed by atoms with van der Waals surface area (Å²) in [5, 5.41) is 6.10. The predicted octanol–water partition coefficient (Wildman–Crippen LogP) is 5.92. The van der Waals surface area contributed by atoms with Crippen LogP contribution in [0.3, 0.4) is 0 Å². The molecule has 0 aliphatic carbocycles. The molecule has 0 atom stereocenters. The minimum Gasteiger partial charge on any atom is -0.379 e. The fourth-order valence-corrected chi connectivity index (χ4v) is 5.09. The van der Waals surface area contributed by atoms with E-state index in [1.54, 1.807) is 7.11 Å². The van der Waals surface area contributed by atoms with Gasteiger partial charge in [0, 0.05) is 24.8 Å². The molecule has 6 nitrogen and oxygen atoms in total. The largest absolute Gasteiger partial charge is 0.379 e. The van der Waals surface area contributed by atoms with E-state index in [9.17, 15) is 0 Å². The summed E-state index contributed by atoms with van der Waals surface area (Å²) in [7, 11) is 1.73. The molecule has 6 heteroatoms. The van der Waals surface area contributed by atoms with Gasteiger partial charge < -0.3 is 14.5 Å². The Morgan fingerprint density at radius 1 is 1.00 bits per heavy atom. The number of hydrogen-bond donors (Lipinski definition) is 1. The molecule has 0 radical (unpaired) electrons. The van der Waals surface area contributed by atoms with Gasteiger partial charge in [0.25, 0.3) is 0 Å². The summed E-state index contributed by atoms with van der Waals surface area (Å²) in [5.74, 6) is 0. The highest BCUT2D eigenvalue weighted by Crippen LogP contribution is 2.36. The van der Waals surface area contributed by atoms with Crippen molar-refractivity contribution in [1.29, 1.82) is 0 Å². The summed E-state index contributed by atoms with van der Waals surface area (Å²) in [6, 6.07) is 4.47. The molecule has 1 aromatic carbocycles. The van der Waals surface area contributed by atoms with Crippen LogP contribution in [-0.2, 0) is 22.5 Å². The molecule has 0 bridgehead atoms. The number of aromatic amines is 1. The van der Waals surface area contributed by atoms with Crippen LogP contribution in [0, 0.1) is 34.6 Å². The Hall–Kier alpha value is -2.70. The number of nitrogens with one attached hydrogen (secondary N) is 1. The van der Waals surface area contributed by atoms with Crippen LogP contribution in [0.5, 0.6) is 0 Å². The number of methoxy groups -OCH3 is 1. The normalized spacial score (nSPS) is 12.0. The fraction of sp³-hybridized carbons (Fsp3) is 0.481. The van der Waals surface area contributed by atoms with Crippen LogP contribution < -0.4 is 0 Å². The summed E-state index contributed by atoms with van der Waals surface area (Å²) >= 11 is 0. The van der Waals surface area contributed by atoms with E-state index in [0.29, 0.717) is 6.61 Å². The van der Waals surface area contributed by atoms with Gasteiger partial charge in [-0.2, -0.15) is 9.61 Å². The molecular weight excluding hydrogens is 412 g/mol. The average Bonchev–Trinajstić information content (AvgIpc) is 3.24. The van der Waals surface area contributed by atoms with E-state index in [0.717, 1.165) is 58.8 Å². The van der Waals surface area contributed by atoms with Crippen molar-refractivity contribution in [2.75, 3.05) is 13.7 Å². The molecule has 3 aromatic heterocycles. The Morgan fingerprint density at radius 3 is 2.33 bits per heavy atom. The lowest BCUT2D eigenvalue weighted by molar-refractivity contribution is 0.0771. The minimum atomic E-state index is 0.244. The first-order chi connectivity index (χ1) is 15.7. The summed E-state index contributed by atoms with van der Waals surface area (Å²) in [5.41, 5.74) is 12.3. The molecule has 0 saturated heterocycles. The molecule has 33 heavy (non-hydrogen) atoms. The molecule has 0 amide bonds. The number of ether oxygens (including phenoxy) is 2. The van der Waals surface area contributed by atoms with E-state index in [1.807, 2.05) is 4.52 Å². The number of aromatic nitrogens is 4. The number of benzene rings is 1. The molecule has 0 fully saturated rings. The van der Waals surface area contributed by atoms with Crippen molar-refractivity contribution in [3.8, 4) is 11.1 Å². The third-order valence-electron chi connectivity index (χ3n) is 6.29. The summed E-state index contributed by atoms with van der Waals surface area (Å²) in [6.07, 6.45) is 2.10. The Morgan fingerprint density at radius 2 is 1.70 bits per heavy atom. The molecule has 4 rings (SSSR count). The Labute approximate surface area is 196 Å². The van der Waals surface area contributed by atoms with Crippen LogP contribution >= 0.6 is 0 Å². The first kappa shape index (κ1) is 23.5. The van der Waals surface area contributed by atoms with Crippen molar-refractivity contribution in [2.45, 2.75) is 74.0 Å². The van der Waals surface area contributed by atoms with E-state index in [4.69, 9.17) is 19.6 Å². The van der Waals surface area contributed by atoms with Crippen LogP contribution in [0.2, 0.25) is 0 Å². The first-order valence-corrected chi connectivity index (χ1v) is 11.8. The smallest absolute Gasteiger partial charge is 0.165 e. The van der Waals surface area contributed by atoms with Crippen LogP contribution in [0.4, 0.5) is 0 Å². The van der Waals surface area contributed by atoms with Crippen molar-refractivity contribution in [2.24, 2.45) is 0 Å². The Balaban J connectivity index is 1.91. The minimum absolute atomic E-state index is 0.244. The lowest BCUT2D eigenvalue weighted by Gasteiger charge is -2.11. The monoisotopic (exact) mass is 448 g/mol. The number of nitrogens with zero attached hydrogens (tertiary/aromatic N) is 3. The summed E-state index contributed by atoms with van der Waals surface area (Å²) in [4.78, 5) is 8.73. The number of H-pyrrole nitrogens is 1. The van der Waals surface area contributed by atoms with Crippen molar-refractivity contribution in [3.63, 3.8) is 0 Å². The fourth-order valence-electron chi connectivity index (χ4n) is 5.09. The van der Waals surface area contributed by atoms with Gasteiger partial charge >= 0.3 is 0 Å². The molecule has 0 aliphatic heterocycles. The molecule has 0 spiro atoms. The SMILES string of the molecule is COCc1[nH]c2c(c(C)nc3c(-c4c(C)cc(C)cc4C)c(C)nn32)c1CCCOC(C)C. The maximum Gasteiger partial charge on any atom is 0.165 e. The zero-order valence-electron chi connectivity index (χ0n) is 21.2. The average molecular weight is 449 g/mol. The van der Waals surface area contributed by atoms with Crippen LogP contribution in [0.15, 0.2) is 12.1 Å². The summed E-state index contributed by atoms with van der Waals surface area (Å²) < 4.78 is 13.3. The molecule has 0 saturated carbocycles. The molecule has 0 unspecified atom stereocenters. The van der Waals surface area contributed by atoms with E-state index < -0.39 is 0 Å². The maximum atomic E-state index is 5.78. The quantitative estimate of drug-likeness (QED) is 0.340. The van der Waals surface area contributed by atoms with Crippen molar-refractivity contribution >= 4 is 16.7 Å². The highest BCUT2D eigenvalue weighted by molar-refractivity contribution is 5.91. The Bertz CT molecular complexity index is 1290. The van der Waals surface area contributed by atoms with Gasteiger partial charge in [0.15, 0.2) is 5.65 Å². The topological polar surface area (TPSA) is 64.4 Å². The lowest BCUT2D eigenvalue weighted by atomic mass is 9.94. The first-order valence-electron chi connectivity index (χ1n) is 11.8. The molecular formula is C27H36N4O2. The Kier molecular flexibility index (Phi) is 6.59. The summed E-state index contributed by atoms with van der Waals surface area (Å²) in [6.45, 7) is 16.1. The second-order valence-corrected chi connectivity index (χ2v) is 9.43. The second kappa shape index (κ2) is 9.27. The van der Waals surface area contributed by atoms with E-state index in [-0.39, 0.29) is 6.10 Å². The van der Waals surface area contributed by atoms with Crippen LogP contribution in [0.25, 0.3) is 27.8 Å². The highest BCUT2D eigenvalue weighted by Gasteiger charge is 2.23. The van der Waals surface area contributed by atoms with Crippen LogP contribution in [0.1, 0.15) is 59.6 Å². The number of fused-ring (bicyclic) bond motifs is 3. The van der Waals surface area contributed by atoms with Gasteiger partial charge in [0.2, 0.25) is 0 Å². The molecule has 0 aliphatic rings. The standard InChI is InChI=1S/C27H36N4O2/c1-15(2)33-11-9-10-21-22(14-32-8)29-26-24(21)19(6)28-27-25(20(7)30-31(26)27)23-17(4)12-16(3)13-18(23)5/h12-13,15,29H,9-11,14H2,1-8H3. The van der Waals surface area contributed by atoms with Gasteiger partial charge in [0.05, 0.1) is 29.7 Å². The van der Waals surface area contributed by atoms with Gasteiger partial charge in [-0.25, -0.2) is 4.98 Å². The molecule has 4 aromatic rings. The zero-order valence-corrected chi connectivity index (χ0v) is 21.2. The van der Waals surface area contributed by atoms with Gasteiger partial charge in [-0.1, -0.05) is 17.7 Å². The zero-order chi connectivity index (χ0) is 23.9. The highest BCUT2D eigenvalue weighted by atomic mass is 16.5. The second-order valence-electron chi connectivity index (χ2n) is 9.43. The van der Waals surface area contributed by atoms with Gasteiger partial charge in [-0.15, -0.1) is 0 Å². The molecule has 3 heterocycles. The van der Waals surface area contributed by atoms with Crippen LogP contribution in [-0.4, -0.2) is 39.4 Å². The lowest BCUT2D eigenvalue weighted by Crippen LogP contribution is -2.05. The maximum absolute atomic E-state index is 5.78.